The molecule has 0 bridgehead atoms. The van der Waals surface area contributed by atoms with Crippen molar-refractivity contribution < 1.29 is 54.5 Å². The van der Waals surface area contributed by atoms with Gasteiger partial charge in [-0.15, -0.1) is 0 Å². The molecule has 12 nitrogen and oxygen atoms in total. The molecule has 1 saturated heterocycles. The van der Waals surface area contributed by atoms with Crippen molar-refractivity contribution in [3.63, 3.8) is 0 Å². The topological polar surface area (TPSA) is 194 Å². The van der Waals surface area contributed by atoms with Crippen LogP contribution in [0.4, 0.5) is 0 Å². The predicted octanol–water partition coefficient (Wildman–Crippen LogP) is 0.143. The number of ether oxygens (including phenoxy) is 2. The molecule has 0 saturated carbocycles. The maximum Gasteiger partial charge on any atom is 0.339 e. The van der Waals surface area contributed by atoms with Crippen LogP contribution in [0.3, 0.4) is 0 Å². The van der Waals surface area contributed by atoms with Crippen molar-refractivity contribution in [3.05, 3.63) is 35.4 Å². The molecule has 1 fully saturated rings. The third-order valence-corrected chi connectivity index (χ3v) is 4.51. The van der Waals surface area contributed by atoms with Gasteiger partial charge in [0.2, 0.25) is 6.10 Å². The quantitative estimate of drug-likeness (QED) is 0.282. The fraction of sp³-hybridized carbons (Fsp3) is 0.211. The molecule has 0 spiro atoms. The number of aromatic hydroxyl groups is 6. The Bertz CT molecular complexity index is 1030. The molecule has 0 aromatic heterocycles. The van der Waals surface area contributed by atoms with Gasteiger partial charge in [-0.05, 0) is 24.3 Å². The summed E-state index contributed by atoms with van der Waals surface area (Å²) in [5.74, 6) is -7.76. The first-order valence-corrected chi connectivity index (χ1v) is 8.66. The van der Waals surface area contributed by atoms with Gasteiger partial charge in [-0.25, -0.2) is 9.59 Å². The van der Waals surface area contributed by atoms with Crippen LogP contribution in [0.1, 0.15) is 20.7 Å². The Kier molecular flexibility index (Phi) is 5.39. The molecule has 1 aliphatic rings. The smallest absolute Gasteiger partial charge is 0.339 e. The van der Waals surface area contributed by atoms with E-state index < -0.39 is 64.6 Å². The number of esters is 2. The highest BCUT2D eigenvalue weighted by molar-refractivity contribution is 5.95. The number of likely N-dealkylation sites (tertiary alicyclic amines) is 1. The molecule has 2 aromatic carbocycles. The van der Waals surface area contributed by atoms with E-state index in [1.54, 1.807) is 0 Å². The third kappa shape index (κ3) is 4.03. The average Bonchev–Trinajstić information content (AvgIpc) is 2.96. The van der Waals surface area contributed by atoms with Gasteiger partial charge in [-0.3, -0.25) is 4.79 Å². The summed E-state index contributed by atoms with van der Waals surface area (Å²) in [6, 6.07) is 3.29. The highest BCUT2D eigenvalue weighted by Crippen LogP contribution is 2.37. The number of carbonyl (C=O) groups is 3. The highest BCUT2D eigenvalue weighted by Gasteiger charge is 2.44. The molecule has 12 heteroatoms. The van der Waals surface area contributed by atoms with Gasteiger partial charge < -0.3 is 45.0 Å². The number of benzene rings is 2. The number of hydrogen-bond donors (Lipinski definition) is 6. The van der Waals surface area contributed by atoms with Gasteiger partial charge in [-0.1, -0.05) is 0 Å². The van der Waals surface area contributed by atoms with Crippen molar-refractivity contribution in [3.8, 4) is 34.5 Å². The van der Waals surface area contributed by atoms with E-state index in [-0.39, 0.29) is 17.7 Å². The summed E-state index contributed by atoms with van der Waals surface area (Å²) in [6.07, 6.45) is -2.84. The standard InChI is InChI=1S/C19H17NO11/c1-20-6-13(30-18(28)7-2-9(21)14(25)10(22)3-7)16(17(20)27)31-19(29)8-4-11(23)15(26)12(24)5-8/h2-5,13,16,21-26H,6H2,1H3/t13-,16+/m0/s1. The normalized spacial score (nSPS) is 18.1. The largest absolute Gasteiger partial charge is 0.504 e. The molecular weight excluding hydrogens is 418 g/mol. The van der Waals surface area contributed by atoms with Crippen LogP contribution in [0.15, 0.2) is 24.3 Å². The summed E-state index contributed by atoms with van der Waals surface area (Å²) in [7, 11) is 1.37. The lowest BCUT2D eigenvalue weighted by atomic mass is 10.1. The summed E-state index contributed by atoms with van der Waals surface area (Å²) in [4.78, 5) is 38.2. The number of rotatable bonds is 4. The molecule has 3 rings (SSSR count). The second-order valence-corrected chi connectivity index (χ2v) is 6.71. The Hall–Kier alpha value is -4.35. The number of amides is 1. The predicted molar refractivity (Wildman–Crippen MR) is 98.9 cm³/mol. The Morgan fingerprint density at radius 3 is 1.61 bits per heavy atom. The van der Waals surface area contributed by atoms with Crippen LogP contribution in [0.5, 0.6) is 34.5 Å². The summed E-state index contributed by atoms with van der Waals surface area (Å²) in [5.41, 5.74) is -0.720. The number of phenols is 6. The van der Waals surface area contributed by atoms with Gasteiger partial charge in [-0.2, -0.15) is 0 Å². The summed E-state index contributed by atoms with van der Waals surface area (Å²) < 4.78 is 10.3. The zero-order chi connectivity index (χ0) is 23.0. The number of carbonyl (C=O) groups excluding carboxylic acids is 3. The molecule has 31 heavy (non-hydrogen) atoms. The fourth-order valence-corrected chi connectivity index (χ4v) is 2.89. The minimum absolute atomic E-state index is 0.148. The average molecular weight is 435 g/mol. The summed E-state index contributed by atoms with van der Waals surface area (Å²) >= 11 is 0. The van der Waals surface area contributed by atoms with E-state index in [4.69, 9.17) is 9.47 Å². The zero-order valence-electron chi connectivity index (χ0n) is 15.8. The van der Waals surface area contributed by atoms with E-state index in [0.717, 1.165) is 29.2 Å². The van der Waals surface area contributed by atoms with Gasteiger partial charge >= 0.3 is 11.9 Å². The highest BCUT2D eigenvalue weighted by atomic mass is 16.6. The maximum atomic E-state index is 12.4. The Morgan fingerprint density at radius 1 is 0.806 bits per heavy atom. The number of hydrogen-bond acceptors (Lipinski definition) is 11. The van der Waals surface area contributed by atoms with Crippen LogP contribution < -0.4 is 0 Å². The minimum atomic E-state index is -1.57. The molecule has 2 atom stereocenters. The van der Waals surface area contributed by atoms with Crippen LogP contribution in [0.2, 0.25) is 0 Å². The van der Waals surface area contributed by atoms with Crippen molar-refractivity contribution in [2.75, 3.05) is 13.6 Å². The van der Waals surface area contributed by atoms with Crippen LogP contribution in [0.25, 0.3) is 0 Å². The second kappa shape index (κ2) is 7.82. The molecule has 0 aliphatic carbocycles. The Balaban J connectivity index is 1.80. The van der Waals surface area contributed by atoms with Crippen LogP contribution in [-0.4, -0.2) is 79.2 Å². The second-order valence-electron chi connectivity index (χ2n) is 6.71. The lowest BCUT2D eigenvalue weighted by Gasteiger charge is -2.18. The third-order valence-electron chi connectivity index (χ3n) is 4.51. The Morgan fingerprint density at radius 2 is 1.19 bits per heavy atom. The van der Waals surface area contributed by atoms with E-state index in [1.807, 2.05) is 0 Å². The van der Waals surface area contributed by atoms with Gasteiger partial charge in [0.15, 0.2) is 40.6 Å². The number of phenolic OH excluding ortho intramolecular Hbond substituents is 6. The van der Waals surface area contributed by atoms with Crippen molar-refractivity contribution >= 4 is 17.8 Å². The van der Waals surface area contributed by atoms with Crippen LogP contribution in [0, 0.1) is 0 Å². The first kappa shape index (κ1) is 21.4. The zero-order valence-corrected chi connectivity index (χ0v) is 15.8. The molecular formula is C19H17NO11. The molecule has 2 aromatic rings. The molecule has 1 heterocycles. The molecule has 0 radical (unpaired) electrons. The van der Waals surface area contributed by atoms with Gasteiger partial charge in [0.1, 0.15) is 0 Å². The van der Waals surface area contributed by atoms with E-state index in [2.05, 4.69) is 0 Å². The van der Waals surface area contributed by atoms with E-state index in [0.29, 0.717) is 0 Å². The maximum absolute atomic E-state index is 12.4. The van der Waals surface area contributed by atoms with Crippen molar-refractivity contribution in [2.24, 2.45) is 0 Å². The fourth-order valence-electron chi connectivity index (χ4n) is 2.89. The van der Waals surface area contributed by atoms with E-state index in [1.165, 1.54) is 7.05 Å². The van der Waals surface area contributed by atoms with Gasteiger partial charge in [0.05, 0.1) is 17.7 Å². The summed E-state index contributed by atoms with van der Waals surface area (Å²) in [6.45, 7) is -0.148. The van der Waals surface area contributed by atoms with Gasteiger partial charge in [0.25, 0.3) is 5.91 Å². The molecule has 6 N–H and O–H groups in total. The number of likely N-dealkylation sites (N-methyl/N-ethyl adjacent to an activating group) is 1. The lowest BCUT2D eigenvalue weighted by Crippen LogP contribution is -2.36. The van der Waals surface area contributed by atoms with E-state index in [9.17, 15) is 45.0 Å². The lowest BCUT2D eigenvalue weighted by molar-refractivity contribution is -0.135. The molecule has 1 amide bonds. The molecule has 164 valence electrons. The van der Waals surface area contributed by atoms with Gasteiger partial charge in [0, 0.05) is 7.05 Å². The monoisotopic (exact) mass is 435 g/mol. The van der Waals surface area contributed by atoms with Crippen LogP contribution in [-0.2, 0) is 14.3 Å². The van der Waals surface area contributed by atoms with E-state index >= 15 is 0 Å². The van der Waals surface area contributed by atoms with Crippen molar-refractivity contribution in [1.82, 2.24) is 4.90 Å². The minimum Gasteiger partial charge on any atom is -0.504 e. The van der Waals surface area contributed by atoms with Crippen LogP contribution >= 0.6 is 0 Å². The first-order valence-electron chi connectivity index (χ1n) is 8.66. The van der Waals surface area contributed by atoms with Crippen molar-refractivity contribution in [1.29, 1.82) is 0 Å². The first-order chi connectivity index (χ1) is 14.5. The Labute approximate surface area is 173 Å². The molecule has 0 unspecified atom stereocenters. The molecule has 1 aliphatic heterocycles. The van der Waals surface area contributed by atoms with Crippen molar-refractivity contribution in [2.45, 2.75) is 12.2 Å². The SMILES string of the molecule is CN1C[C@H](OC(=O)c2cc(O)c(O)c(O)c2)[C@@H](OC(=O)c2cc(O)c(O)c(O)c2)C1=O. The number of nitrogens with zero attached hydrogens (tertiary/aromatic N) is 1. The summed E-state index contributed by atoms with van der Waals surface area (Å²) in [5, 5.41) is 56.8.